The third-order valence-electron chi connectivity index (χ3n) is 5.38. The van der Waals surface area contributed by atoms with Gasteiger partial charge in [0.05, 0.1) is 29.4 Å². The van der Waals surface area contributed by atoms with Gasteiger partial charge >= 0.3 is 0 Å². The van der Waals surface area contributed by atoms with Crippen LogP contribution >= 0.6 is 0 Å². The maximum absolute atomic E-state index is 9.27. The second kappa shape index (κ2) is 4.42. The van der Waals surface area contributed by atoms with Gasteiger partial charge in [-0.25, -0.2) is 9.97 Å². The van der Waals surface area contributed by atoms with E-state index in [4.69, 9.17) is 5.10 Å². The zero-order chi connectivity index (χ0) is 15.4. The molecule has 114 valence electrons. The predicted molar refractivity (Wildman–Crippen MR) is 84.6 cm³/mol. The Morgan fingerprint density at radius 3 is 3.00 bits per heavy atom. The van der Waals surface area contributed by atoms with Crippen molar-refractivity contribution in [1.82, 2.24) is 24.7 Å². The summed E-state index contributed by atoms with van der Waals surface area (Å²) in [4.78, 5) is 12.0. The lowest BCUT2D eigenvalue weighted by atomic mass is 9.94. The molecule has 1 saturated carbocycles. The average molecular weight is 304 g/mol. The van der Waals surface area contributed by atoms with Gasteiger partial charge < -0.3 is 4.98 Å². The summed E-state index contributed by atoms with van der Waals surface area (Å²) in [6.07, 6.45) is 11.5. The van der Waals surface area contributed by atoms with E-state index in [1.165, 1.54) is 18.4 Å². The molecule has 2 aliphatic carbocycles. The number of rotatable bonds is 2. The summed E-state index contributed by atoms with van der Waals surface area (Å²) >= 11 is 0. The van der Waals surface area contributed by atoms with E-state index in [1.54, 1.807) is 6.33 Å². The summed E-state index contributed by atoms with van der Waals surface area (Å²) in [5, 5.41) is 15.3. The van der Waals surface area contributed by atoms with Gasteiger partial charge in [0.1, 0.15) is 12.0 Å². The Balaban J connectivity index is 1.70. The molecule has 0 spiro atoms. The van der Waals surface area contributed by atoms with Crippen molar-refractivity contribution < 1.29 is 0 Å². The van der Waals surface area contributed by atoms with E-state index in [0.29, 0.717) is 6.42 Å². The average Bonchev–Trinajstić information content (AvgIpc) is 3.27. The van der Waals surface area contributed by atoms with E-state index < -0.39 is 0 Å². The molecule has 6 heteroatoms. The maximum atomic E-state index is 9.27. The predicted octanol–water partition coefficient (Wildman–Crippen LogP) is 2.91. The minimum Gasteiger partial charge on any atom is -0.346 e. The van der Waals surface area contributed by atoms with Gasteiger partial charge in [-0.15, -0.1) is 0 Å². The van der Waals surface area contributed by atoms with Crippen LogP contribution < -0.4 is 0 Å². The Labute approximate surface area is 133 Å². The number of nitrogens with zero attached hydrogens (tertiary/aromatic N) is 5. The van der Waals surface area contributed by atoms with Crippen molar-refractivity contribution in [2.75, 3.05) is 0 Å². The highest BCUT2D eigenvalue weighted by Gasteiger charge is 2.38. The Hall–Kier alpha value is -2.68. The second-order valence-corrected chi connectivity index (χ2v) is 6.64. The Kier molecular flexibility index (Phi) is 2.46. The zero-order valence-electron chi connectivity index (χ0n) is 12.7. The monoisotopic (exact) mass is 304 g/mol. The third kappa shape index (κ3) is 1.65. The van der Waals surface area contributed by atoms with Crippen LogP contribution in [0.15, 0.2) is 18.7 Å². The molecular weight excluding hydrogens is 288 g/mol. The van der Waals surface area contributed by atoms with Crippen molar-refractivity contribution in [3.8, 4) is 17.3 Å². The van der Waals surface area contributed by atoms with Gasteiger partial charge in [-0.2, -0.15) is 10.4 Å². The molecule has 2 aliphatic rings. The largest absolute Gasteiger partial charge is 0.346 e. The van der Waals surface area contributed by atoms with Crippen LogP contribution in [-0.2, 0) is 12.0 Å². The van der Waals surface area contributed by atoms with Crippen LogP contribution in [0.3, 0.4) is 0 Å². The molecule has 1 fully saturated rings. The second-order valence-electron chi connectivity index (χ2n) is 6.64. The number of H-pyrrole nitrogens is 1. The standard InChI is InChI=1S/C17H16N6/c18-6-5-17(3-1-2-4-17)23-9-12-13(22-23)7-11-8-19-16-14(11)15(12)20-10-21-16/h8-10H,1-5,7H2,(H,19,20,21). The first-order chi connectivity index (χ1) is 11.3. The van der Waals surface area contributed by atoms with Gasteiger partial charge in [0, 0.05) is 29.8 Å². The van der Waals surface area contributed by atoms with Crippen molar-refractivity contribution >= 4 is 11.0 Å². The fourth-order valence-electron chi connectivity index (χ4n) is 4.20. The van der Waals surface area contributed by atoms with Gasteiger partial charge in [0.25, 0.3) is 0 Å². The summed E-state index contributed by atoms with van der Waals surface area (Å²) in [7, 11) is 0. The summed E-state index contributed by atoms with van der Waals surface area (Å²) in [5.41, 5.74) is 5.07. The van der Waals surface area contributed by atoms with E-state index in [1.807, 2.05) is 6.20 Å². The highest BCUT2D eigenvalue weighted by Crippen LogP contribution is 2.42. The molecule has 0 amide bonds. The molecule has 3 aromatic rings. The first-order valence-electron chi connectivity index (χ1n) is 8.08. The topological polar surface area (TPSA) is 83.2 Å². The lowest BCUT2D eigenvalue weighted by Crippen LogP contribution is -2.30. The van der Waals surface area contributed by atoms with E-state index in [0.717, 1.165) is 47.2 Å². The minimum absolute atomic E-state index is 0.131. The molecule has 5 rings (SSSR count). The number of aromatic nitrogens is 5. The van der Waals surface area contributed by atoms with Crippen LogP contribution in [0.1, 0.15) is 43.4 Å². The molecule has 0 bridgehead atoms. The zero-order valence-corrected chi connectivity index (χ0v) is 12.7. The van der Waals surface area contributed by atoms with Gasteiger partial charge in [-0.05, 0) is 18.4 Å². The Morgan fingerprint density at radius 1 is 1.30 bits per heavy atom. The molecular formula is C17H16N6. The summed E-state index contributed by atoms with van der Waals surface area (Å²) in [6, 6.07) is 2.37. The number of hydrogen-bond donors (Lipinski definition) is 1. The summed E-state index contributed by atoms with van der Waals surface area (Å²) < 4.78 is 2.07. The summed E-state index contributed by atoms with van der Waals surface area (Å²) in [5.74, 6) is 0. The molecule has 6 nitrogen and oxygen atoms in total. The van der Waals surface area contributed by atoms with Crippen LogP contribution in [-0.4, -0.2) is 24.7 Å². The minimum atomic E-state index is -0.131. The Bertz CT molecular complexity index is 951. The van der Waals surface area contributed by atoms with E-state index in [-0.39, 0.29) is 5.54 Å². The molecule has 3 aromatic heterocycles. The quantitative estimate of drug-likeness (QED) is 0.617. The molecule has 0 atom stereocenters. The van der Waals surface area contributed by atoms with Crippen molar-refractivity contribution in [3.63, 3.8) is 0 Å². The van der Waals surface area contributed by atoms with Crippen molar-refractivity contribution in [2.24, 2.45) is 0 Å². The number of hydrogen-bond acceptors (Lipinski definition) is 4. The molecule has 0 saturated heterocycles. The van der Waals surface area contributed by atoms with Crippen LogP contribution in [0.25, 0.3) is 22.3 Å². The number of fused-ring (bicyclic) bond motifs is 2. The van der Waals surface area contributed by atoms with E-state index in [9.17, 15) is 5.26 Å². The lowest BCUT2D eigenvalue weighted by molar-refractivity contribution is 0.268. The summed E-state index contributed by atoms with van der Waals surface area (Å²) in [6.45, 7) is 0. The number of aromatic amines is 1. The number of nitrogens with one attached hydrogen (secondary N) is 1. The van der Waals surface area contributed by atoms with Gasteiger partial charge in [0.15, 0.2) is 0 Å². The molecule has 0 aliphatic heterocycles. The van der Waals surface area contributed by atoms with Crippen molar-refractivity contribution in [2.45, 2.75) is 44.1 Å². The van der Waals surface area contributed by atoms with Crippen LogP contribution in [0.2, 0.25) is 0 Å². The smallest absolute Gasteiger partial charge is 0.141 e. The van der Waals surface area contributed by atoms with Gasteiger partial charge in [0.2, 0.25) is 0 Å². The molecule has 23 heavy (non-hydrogen) atoms. The highest BCUT2D eigenvalue weighted by atomic mass is 15.3. The molecule has 1 N–H and O–H groups in total. The third-order valence-corrected chi connectivity index (χ3v) is 5.38. The normalized spacial score (nSPS) is 18.0. The van der Waals surface area contributed by atoms with Gasteiger partial charge in [-0.1, -0.05) is 12.8 Å². The Morgan fingerprint density at radius 2 is 2.17 bits per heavy atom. The molecule has 3 heterocycles. The van der Waals surface area contributed by atoms with Crippen LogP contribution in [0.4, 0.5) is 0 Å². The van der Waals surface area contributed by atoms with Crippen molar-refractivity contribution in [1.29, 1.82) is 5.26 Å². The van der Waals surface area contributed by atoms with E-state index in [2.05, 4.69) is 31.9 Å². The highest BCUT2D eigenvalue weighted by molar-refractivity contribution is 5.96. The van der Waals surface area contributed by atoms with E-state index >= 15 is 0 Å². The maximum Gasteiger partial charge on any atom is 0.141 e. The fourth-order valence-corrected chi connectivity index (χ4v) is 4.20. The lowest BCUT2D eigenvalue weighted by Gasteiger charge is -2.26. The first kappa shape index (κ1) is 12.8. The van der Waals surface area contributed by atoms with Gasteiger partial charge in [-0.3, -0.25) is 4.68 Å². The molecule has 0 unspecified atom stereocenters. The first-order valence-corrected chi connectivity index (χ1v) is 8.08. The molecule has 0 aromatic carbocycles. The van der Waals surface area contributed by atoms with Crippen LogP contribution in [0, 0.1) is 11.3 Å². The molecule has 0 radical (unpaired) electrons. The fraction of sp³-hybridized carbons (Fsp3) is 0.412. The van der Waals surface area contributed by atoms with Crippen LogP contribution in [0.5, 0.6) is 0 Å². The number of nitriles is 1. The van der Waals surface area contributed by atoms with Crippen molar-refractivity contribution in [3.05, 3.63) is 30.0 Å². The SMILES string of the molecule is N#CCC1(n2cc3c(n2)Cc2c[nH]c4ncnc-3c24)CCCC1.